The number of likely N-dealkylation sites (N-methyl/N-ethyl adjacent to an activating group) is 1. The molecule has 5 heterocycles. The van der Waals surface area contributed by atoms with Gasteiger partial charge in [-0.05, 0) is 56.6 Å². The first-order valence-corrected chi connectivity index (χ1v) is 14.5. The quantitative estimate of drug-likeness (QED) is 0.331. The van der Waals surface area contributed by atoms with E-state index >= 15 is 4.39 Å². The SMILES string of the molecule is CN(c1nc(OCC23CCCN2CCC3)nc2c(F)c(-c3cccc4cccc(F)c34)ncc12)[C@@H]1CCN(C(=O)O)C1. The van der Waals surface area contributed by atoms with Crippen molar-refractivity contribution in [3.05, 3.63) is 54.2 Å². The summed E-state index contributed by atoms with van der Waals surface area (Å²) in [6.45, 7) is 3.20. The molecule has 42 heavy (non-hydrogen) atoms. The standard InChI is InChI=1S/C31H32F2N6O3/c1-37(20-10-15-38(17-20)30(40)41)28-22-16-34-26(21-8-2-6-19-7-3-9-23(32)24(19)21)25(33)27(22)35-29(36-28)42-18-31-11-4-13-39(31)14-5-12-31/h2-3,6-9,16,20H,4-5,10-15,17-18H2,1H3,(H,40,41)/t20-/m1/s1. The van der Waals surface area contributed by atoms with E-state index in [1.165, 1.54) is 17.2 Å². The Kier molecular flexibility index (Phi) is 6.56. The fourth-order valence-corrected chi connectivity index (χ4v) is 7.10. The lowest BCUT2D eigenvalue weighted by molar-refractivity contribution is 0.108. The van der Waals surface area contributed by atoms with Crippen LogP contribution in [-0.2, 0) is 0 Å². The number of ether oxygens (including phenoxy) is 1. The topological polar surface area (TPSA) is 94.9 Å². The van der Waals surface area contributed by atoms with E-state index in [1.54, 1.807) is 30.3 Å². The minimum absolute atomic E-state index is 0.00859. The van der Waals surface area contributed by atoms with E-state index in [-0.39, 0.29) is 34.2 Å². The number of carboxylic acid groups (broad SMARTS) is 1. The van der Waals surface area contributed by atoms with Crippen LogP contribution in [0.4, 0.5) is 19.4 Å². The van der Waals surface area contributed by atoms with Crippen molar-refractivity contribution in [2.75, 3.05) is 44.7 Å². The Hall–Kier alpha value is -4.12. The Morgan fingerprint density at radius 2 is 1.88 bits per heavy atom. The summed E-state index contributed by atoms with van der Waals surface area (Å²) in [5.41, 5.74) is 0.298. The van der Waals surface area contributed by atoms with Gasteiger partial charge >= 0.3 is 12.1 Å². The molecule has 7 rings (SSSR count). The maximum Gasteiger partial charge on any atom is 0.407 e. The van der Waals surface area contributed by atoms with E-state index in [4.69, 9.17) is 9.72 Å². The highest BCUT2D eigenvalue weighted by Crippen LogP contribution is 2.40. The summed E-state index contributed by atoms with van der Waals surface area (Å²) < 4.78 is 37.7. The van der Waals surface area contributed by atoms with Crippen molar-refractivity contribution >= 4 is 33.6 Å². The van der Waals surface area contributed by atoms with Crippen molar-refractivity contribution in [1.29, 1.82) is 0 Å². The zero-order valence-electron chi connectivity index (χ0n) is 23.4. The molecule has 3 saturated heterocycles. The van der Waals surface area contributed by atoms with Crippen LogP contribution in [0, 0.1) is 11.6 Å². The largest absolute Gasteiger partial charge is 0.465 e. The molecule has 3 aliphatic rings. The molecule has 2 aromatic heterocycles. The molecular formula is C31H32F2N6O3. The first kappa shape index (κ1) is 26.8. The smallest absolute Gasteiger partial charge is 0.407 e. The maximum atomic E-state index is 16.5. The molecule has 1 atom stereocenters. The Morgan fingerprint density at radius 1 is 1.12 bits per heavy atom. The number of nitrogens with zero attached hydrogens (tertiary/aromatic N) is 6. The second-order valence-electron chi connectivity index (χ2n) is 11.6. The molecule has 1 N–H and O–H groups in total. The number of pyridine rings is 1. The van der Waals surface area contributed by atoms with E-state index in [0.29, 0.717) is 48.3 Å². The van der Waals surface area contributed by atoms with Crippen LogP contribution < -0.4 is 9.64 Å². The Balaban J connectivity index is 1.33. The normalized spacial score (nSPS) is 20.0. The molecule has 3 aliphatic heterocycles. The zero-order valence-corrected chi connectivity index (χ0v) is 23.4. The second kappa shape index (κ2) is 10.3. The van der Waals surface area contributed by atoms with Crippen molar-refractivity contribution in [2.45, 2.75) is 43.7 Å². The molecule has 0 bridgehead atoms. The molecule has 11 heteroatoms. The van der Waals surface area contributed by atoms with Crippen LogP contribution in [-0.4, -0.2) is 87.4 Å². The fraction of sp³-hybridized carbons (Fsp3) is 0.419. The van der Waals surface area contributed by atoms with Crippen LogP contribution in [0.2, 0.25) is 0 Å². The number of hydrogen-bond acceptors (Lipinski definition) is 7. The van der Waals surface area contributed by atoms with Crippen LogP contribution >= 0.6 is 0 Å². The van der Waals surface area contributed by atoms with Gasteiger partial charge in [0.25, 0.3) is 0 Å². The van der Waals surface area contributed by atoms with Gasteiger partial charge in [-0.3, -0.25) is 9.88 Å². The predicted molar refractivity (Wildman–Crippen MR) is 155 cm³/mol. The third-order valence-electron chi connectivity index (χ3n) is 9.35. The zero-order chi connectivity index (χ0) is 29.0. The van der Waals surface area contributed by atoms with Gasteiger partial charge in [-0.1, -0.05) is 30.3 Å². The molecule has 3 fully saturated rings. The highest BCUT2D eigenvalue weighted by molar-refractivity contribution is 5.99. The second-order valence-corrected chi connectivity index (χ2v) is 11.6. The van der Waals surface area contributed by atoms with Gasteiger partial charge < -0.3 is 19.6 Å². The molecule has 0 aliphatic carbocycles. The van der Waals surface area contributed by atoms with Crippen LogP contribution in [0.5, 0.6) is 6.01 Å². The van der Waals surface area contributed by atoms with Crippen molar-refractivity contribution in [3.8, 4) is 17.3 Å². The number of hydrogen-bond donors (Lipinski definition) is 1. The number of fused-ring (bicyclic) bond motifs is 3. The molecule has 0 spiro atoms. The van der Waals surface area contributed by atoms with Crippen molar-refractivity contribution in [2.24, 2.45) is 0 Å². The highest BCUT2D eigenvalue weighted by atomic mass is 19.1. The molecule has 0 radical (unpaired) electrons. The van der Waals surface area contributed by atoms with Crippen LogP contribution in [0.25, 0.3) is 32.9 Å². The van der Waals surface area contributed by atoms with Gasteiger partial charge in [-0.15, -0.1) is 0 Å². The summed E-state index contributed by atoms with van der Waals surface area (Å²) in [6.07, 6.45) is 5.45. The fourth-order valence-electron chi connectivity index (χ4n) is 7.10. The van der Waals surface area contributed by atoms with Gasteiger partial charge in [0.1, 0.15) is 29.5 Å². The van der Waals surface area contributed by atoms with Gasteiger partial charge in [0, 0.05) is 43.3 Å². The Morgan fingerprint density at radius 3 is 2.62 bits per heavy atom. The lowest BCUT2D eigenvalue weighted by atomic mass is 9.95. The van der Waals surface area contributed by atoms with Crippen LogP contribution in [0.15, 0.2) is 42.6 Å². The van der Waals surface area contributed by atoms with E-state index in [1.807, 2.05) is 11.9 Å². The minimum Gasteiger partial charge on any atom is -0.465 e. The number of benzene rings is 2. The number of halogens is 2. The van der Waals surface area contributed by atoms with Gasteiger partial charge in [-0.25, -0.2) is 13.6 Å². The maximum absolute atomic E-state index is 16.5. The summed E-state index contributed by atoms with van der Waals surface area (Å²) in [6, 6.07) is 9.82. The molecule has 0 unspecified atom stereocenters. The monoisotopic (exact) mass is 574 g/mol. The van der Waals surface area contributed by atoms with Gasteiger partial charge in [0.05, 0.1) is 10.9 Å². The molecular weight excluding hydrogens is 542 g/mol. The number of anilines is 1. The Bertz CT molecular complexity index is 1690. The lowest BCUT2D eigenvalue weighted by Gasteiger charge is -2.31. The molecule has 0 saturated carbocycles. The average Bonchev–Trinajstić information content (AvgIpc) is 3.72. The third kappa shape index (κ3) is 4.38. The number of likely N-dealkylation sites (tertiary alicyclic amines) is 1. The molecule has 4 aromatic rings. The van der Waals surface area contributed by atoms with Gasteiger partial charge in [0.15, 0.2) is 5.82 Å². The van der Waals surface area contributed by atoms with Crippen molar-refractivity contribution in [3.63, 3.8) is 0 Å². The number of aromatic nitrogens is 3. The van der Waals surface area contributed by atoms with Crippen LogP contribution in [0.1, 0.15) is 32.1 Å². The summed E-state index contributed by atoms with van der Waals surface area (Å²) >= 11 is 0. The third-order valence-corrected chi connectivity index (χ3v) is 9.35. The summed E-state index contributed by atoms with van der Waals surface area (Å²) in [5.74, 6) is -0.732. The molecule has 9 nitrogen and oxygen atoms in total. The molecule has 2 aromatic carbocycles. The van der Waals surface area contributed by atoms with E-state index in [2.05, 4.69) is 14.9 Å². The number of carbonyl (C=O) groups is 1. The van der Waals surface area contributed by atoms with Gasteiger partial charge in [-0.2, -0.15) is 9.97 Å². The summed E-state index contributed by atoms with van der Waals surface area (Å²) in [7, 11) is 1.82. The predicted octanol–water partition coefficient (Wildman–Crippen LogP) is 5.32. The number of rotatable bonds is 6. The summed E-state index contributed by atoms with van der Waals surface area (Å²) in [4.78, 5) is 31.0. The van der Waals surface area contributed by atoms with Crippen molar-refractivity contribution < 1.29 is 23.4 Å². The van der Waals surface area contributed by atoms with Crippen molar-refractivity contribution in [1.82, 2.24) is 24.8 Å². The average molecular weight is 575 g/mol. The highest BCUT2D eigenvalue weighted by Gasteiger charge is 2.45. The number of amides is 1. The molecule has 218 valence electrons. The Labute approximate surface area is 241 Å². The lowest BCUT2D eigenvalue weighted by Crippen LogP contribution is -2.43. The van der Waals surface area contributed by atoms with E-state index < -0.39 is 17.7 Å². The van der Waals surface area contributed by atoms with E-state index in [0.717, 1.165) is 38.8 Å². The van der Waals surface area contributed by atoms with Crippen LogP contribution in [0.3, 0.4) is 0 Å². The van der Waals surface area contributed by atoms with Gasteiger partial charge in [0.2, 0.25) is 0 Å². The summed E-state index contributed by atoms with van der Waals surface area (Å²) in [5, 5.41) is 10.8. The minimum atomic E-state index is -0.973. The first-order chi connectivity index (χ1) is 20.3. The first-order valence-electron chi connectivity index (χ1n) is 14.5. The van der Waals surface area contributed by atoms with E-state index in [9.17, 15) is 14.3 Å². The molecule has 1 amide bonds.